The second kappa shape index (κ2) is 9.09. The Kier molecular flexibility index (Phi) is 6.32. The Morgan fingerprint density at radius 3 is 2.44 bits per heavy atom. The van der Waals surface area contributed by atoms with Crippen LogP contribution in [0, 0.1) is 0 Å². The van der Waals surface area contributed by atoms with Gasteiger partial charge in [-0.15, -0.1) is 0 Å². The van der Waals surface area contributed by atoms with Crippen LogP contribution in [0.1, 0.15) is 25.7 Å². The SMILES string of the molecule is CN1CCN(CCCCCCN2c3ccccc3Sc3cccnc32)CC1. The van der Waals surface area contributed by atoms with Crippen LogP contribution in [0.15, 0.2) is 52.4 Å². The molecule has 2 aliphatic rings. The van der Waals surface area contributed by atoms with Crippen molar-refractivity contribution in [1.29, 1.82) is 0 Å². The van der Waals surface area contributed by atoms with Gasteiger partial charge in [0.25, 0.3) is 0 Å². The molecule has 5 heteroatoms. The molecule has 0 unspecified atom stereocenters. The van der Waals surface area contributed by atoms with Crippen LogP contribution in [0.3, 0.4) is 0 Å². The summed E-state index contributed by atoms with van der Waals surface area (Å²) in [6.07, 6.45) is 7.08. The number of piperazine rings is 1. The summed E-state index contributed by atoms with van der Waals surface area (Å²) >= 11 is 1.84. The molecule has 0 atom stereocenters. The normalized spacial score (nSPS) is 17.6. The average molecular weight is 383 g/mol. The maximum absolute atomic E-state index is 4.68. The van der Waals surface area contributed by atoms with E-state index in [1.165, 1.54) is 73.9 Å². The third-order valence-electron chi connectivity index (χ3n) is 5.58. The molecular weight excluding hydrogens is 352 g/mol. The third kappa shape index (κ3) is 4.65. The van der Waals surface area contributed by atoms with E-state index in [1.54, 1.807) is 0 Å². The number of pyridine rings is 1. The van der Waals surface area contributed by atoms with Crippen LogP contribution in [0.4, 0.5) is 11.5 Å². The van der Waals surface area contributed by atoms with Crippen molar-refractivity contribution in [3.63, 3.8) is 0 Å². The fraction of sp³-hybridized carbons (Fsp3) is 0.500. The number of likely N-dealkylation sites (N-methyl/N-ethyl adjacent to an activating group) is 1. The third-order valence-corrected chi connectivity index (χ3v) is 6.69. The fourth-order valence-corrected chi connectivity index (χ4v) is 4.99. The van der Waals surface area contributed by atoms with Crippen molar-refractivity contribution in [3.05, 3.63) is 42.6 Å². The van der Waals surface area contributed by atoms with Crippen molar-refractivity contribution in [1.82, 2.24) is 14.8 Å². The van der Waals surface area contributed by atoms with Gasteiger partial charge in [0.05, 0.1) is 10.6 Å². The van der Waals surface area contributed by atoms with E-state index in [-0.39, 0.29) is 0 Å². The summed E-state index contributed by atoms with van der Waals surface area (Å²) in [5, 5.41) is 0. The van der Waals surface area contributed by atoms with Crippen LogP contribution in [0.5, 0.6) is 0 Å². The Morgan fingerprint density at radius 2 is 1.59 bits per heavy atom. The zero-order valence-electron chi connectivity index (χ0n) is 16.3. The summed E-state index contributed by atoms with van der Waals surface area (Å²) in [7, 11) is 2.22. The molecule has 0 bridgehead atoms. The number of hydrogen-bond donors (Lipinski definition) is 0. The molecule has 4 rings (SSSR count). The molecule has 1 saturated heterocycles. The predicted molar refractivity (Wildman–Crippen MR) is 114 cm³/mol. The van der Waals surface area contributed by atoms with Gasteiger partial charge in [-0.05, 0) is 50.7 Å². The van der Waals surface area contributed by atoms with Crippen molar-refractivity contribution < 1.29 is 0 Å². The zero-order valence-corrected chi connectivity index (χ0v) is 17.1. The predicted octanol–water partition coefficient (Wildman–Crippen LogP) is 4.49. The highest BCUT2D eigenvalue weighted by Gasteiger charge is 2.23. The summed E-state index contributed by atoms with van der Waals surface area (Å²) < 4.78 is 0. The van der Waals surface area contributed by atoms with Gasteiger partial charge in [-0.2, -0.15) is 0 Å². The molecule has 0 saturated carbocycles. The van der Waals surface area contributed by atoms with E-state index in [0.29, 0.717) is 0 Å². The number of hydrogen-bond acceptors (Lipinski definition) is 5. The molecule has 27 heavy (non-hydrogen) atoms. The average Bonchev–Trinajstić information content (AvgIpc) is 2.71. The molecule has 144 valence electrons. The number of fused-ring (bicyclic) bond motifs is 2. The molecule has 0 spiro atoms. The summed E-state index contributed by atoms with van der Waals surface area (Å²) in [4.78, 5) is 14.8. The Hall–Kier alpha value is -1.56. The van der Waals surface area contributed by atoms with Gasteiger partial charge in [0, 0.05) is 43.8 Å². The molecule has 3 heterocycles. The van der Waals surface area contributed by atoms with E-state index < -0.39 is 0 Å². The first-order valence-corrected chi connectivity index (χ1v) is 11.0. The van der Waals surface area contributed by atoms with Gasteiger partial charge < -0.3 is 14.7 Å². The maximum atomic E-state index is 4.68. The highest BCUT2D eigenvalue weighted by atomic mass is 32.2. The molecule has 0 aliphatic carbocycles. The summed E-state index contributed by atoms with van der Waals surface area (Å²) in [5.41, 5.74) is 1.31. The molecule has 1 aromatic heterocycles. The first-order valence-electron chi connectivity index (χ1n) is 10.2. The van der Waals surface area contributed by atoms with Crippen molar-refractivity contribution in [3.8, 4) is 0 Å². The van der Waals surface area contributed by atoms with E-state index in [1.807, 2.05) is 24.0 Å². The largest absolute Gasteiger partial charge is 0.324 e. The Bertz CT molecular complexity index is 697. The van der Waals surface area contributed by atoms with Crippen LogP contribution in [0.2, 0.25) is 0 Å². The van der Waals surface area contributed by atoms with Crippen molar-refractivity contribution in [2.45, 2.75) is 35.5 Å². The van der Waals surface area contributed by atoms with Gasteiger partial charge in [-0.25, -0.2) is 4.98 Å². The number of para-hydroxylation sites is 1. The van der Waals surface area contributed by atoms with Gasteiger partial charge in [0.2, 0.25) is 0 Å². The van der Waals surface area contributed by atoms with E-state index in [2.05, 4.69) is 57.1 Å². The number of nitrogens with zero attached hydrogens (tertiary/aromatic N) is 4. The fourth-order valence-electron chi connectivity index (χ4n) is 3.92. The first kappa shape index (κ1) is 18.8. The molecule has 2 aromatic rings. The molecule has 1 aromatic carbocycles. The molecule has 1 fully saturated rings. The first-order chi connectivity index (χ1) is 13.3. The minimum absolute atomic E-state index is 1.05. The lowest BCUT2D eigenvalue weighted by Gasteiger charge is -2.32. The van der Waals surface area contributed by atoms with Crippen LogP contribution in [0.25, 0.3) is 0 Å². The Morgan fingerprint density at radius 1 is 0.852 bits per heavy atom. The zero-order chi connectivity index (χ0) is 18.5. The molecular formula is C22H30N4S. The van der Waals surface area contributed by atoms with Crippen LogP contribution < -0.4 is 4.90 Å². The van der Waals surface area contributed by atoms with Crippen molar-refractivity contribution in [2.24, 2.45) is 0 Å². The number of rotatable bonds is 7. The lowest BCUT2D eigenvalue weighted by Crippen LogP contribution is -2.44. The van der Waals surface area contributed by atoms with E-state index >= 15 is 0 Å². The second-order valence-electron chi connectivity index (χ2n) is 7.61. The molecule has 0 N–H and O–H groups in total. The molecule has 2 aliphatic heterocycles. The number of unbranched alkanes of at least 4 members (excludes halogenated alkanes) is 3. The molecule has 0 radical (unpaired) electrons. The standard InChI is InChI=1S/C22H30N4S/c1-24-15-17-25(18-16-24)13-6-2-3-7-14-26-19-9-4-5-10-20(19)27-21-11-8-12-23-22(21)26/h4-5,8-12H,2-3,6-7,13-18H2,1H3. The maximum Gasteiger partial charge on any atom is 0.147 e. The van der Waals surface area contributed by atoms with E-state index in [9.17, 15) is 0 Å². The Balaban J connectivity index is 1.26. The smallest absolute Gasteiger partial charge is 0.147 e. The quantitative estimate of drug-likeness (QED) is 0.656. The monoisotopic (exact) mass is 382 g/mol. The van der Waals surface area contributed by atoms with Gasteiger partial charge >= 0.3 is 0 Å². The van der Waals surface area contributed by atoms with Crippen molar-refractivity contribution >= 4 is 23.3 Å². The molecule has 4 nitrogen and oxygen atoms in total. The second-order valence-corrected chi connectivity index (χ2v) is 8.69. The highest BCUT2D eigenvalue weighted by Crippen LogP contribution is 2.46. The molecule has 0 amide bonds. The lowest BCUT2D eigenvalue weighted by molar-refractivity contribution is 0.152. The summed E-state index contributed by atoms with van der Waals surface area (Å²) in [5.74, 6) is 1.12. The summed E-state index contributed by atoms with van der Waals surface area (Å²) in [6, 6.07) is 12.9. The number of anilines is 2. The van der Waals surface area contributed by atoms with Gasteiger partial charge in [-0.3, -0.25) is 0 Å². The van der Waals surface area contributed by atoms with Crippen LogP contribution >= 0.6 is 11.8 Å². The number of aromatic nitrogens is 1. The van der Waals surface area contributed by atoms with E-state index in [4.69, 9.17) is 0 Å². The van der Waals surface area contributed by atoms with Crippen LogP contribution in [-0.2, 0) is 0 Å². The highest BCUT2D eigenvalue weighted by molar-refractivity contribution is 7.99. The number of benzene rings is 1. The van der Waals surface area contributed by atoms with Crippen LogP contribution in [-0.4, -0.2) is 61.1 Å². The Labute approximate surface area is 167 Å². The van der Waals surface area contributed by atoms with E-state index in [0.717, 1.165) is 12.4 Å². The lowest BCUT2D eigenvalue weighted by atomic mass is 10.1. The van der Waals surface area contributed by atoms with Gasteiger partial charge in [0.1, 0.15) is 5.82 Å². The van der Waals surface area contributed by atoms with Gasteiger partial charge in [0.15, 0.2) is 0 Å². The minimum Gasteiger partial charge on any atom is -0.324 e. The topological polar surface area (TPSA) is 22.6 Å². The van der Waals surface area contributed by atoms with Gasteiger partial charge in [-0.1, -0.05) is 36.7 Å². The van der Waals surface area contributed by atoms with Crippen molar-refractivity contribution in [2.75, 3.05) is 51.2 Å². The minimum atomic E-state index is 1.05. The summed E-state index contributed by atoms with van der Waals surface area (Å²) in [6.45, 7) is 7.23.